The predicted octanol–water partition coefficient (Wildman–Crippen LogP) is 9.32. The third-order valence-corrected chi connectivity index (χ3v) is 8.96. The Morgan fingerprint density at radius 1 is 0.897 bits per heavy atom. The molecule has 2 aliphatic carbocycles. The number of phenols is 1. The van der Waals surface area contributed by atoms with Crippen molar-refractivity contribution < 1.29 is 9.84 Å². The molecule has 1 spiro atoms. The van der Waals surface area contributed by atoms with Crippen LogP contribution < -0.4 is 4.74 Å². The van der Waals surface area contributed by atoms with Crippen molar-refractivity contribution in [3.8, 4) is 33.8 Å². The fourth-order valence-electron chi connectivity index (χ4n) is 8.07. The summed E-state index contributed by atoms with van der Waals surface area (Å²) in [5.41, 5.74) is 16.8. The first-order valence-corrected chi connectivity index (χ1v) is 13.7. The Kier molecular flexibility index (Phi) is 5.71. The van der Waals surface area contributed by atoms with Crippen LogP contribution in [-0.2, 0) is 5.41 Å². The quantitative estimate of drug-likeness (QED) is 0.166. The standard InChI is InChI=1S/C34H35N3O2/c1-21-10-12-22(13-11-21)24-14-25-26(15-30(24)39-5)31-23-8-6-7-9-27(23)34(28(31)16-29(25)38)18-32(2,3)17-33(4,19-34)20-36-37-35/h6-16,38H,17-20H2,1-5H3. The van der Waals surface area contributed by atoms with Crippen molar-refractivity contribution in [1.29, 1.82) is 0 Å². The molecule has 2 unspecified atom stereocenters. The van der Waals surface area contributed by atoms with Crippen molar-refractivity contribution in [3.05, 3.63) is 93.9 Å². The van der Waals surface area contributed by atoms with Gasteiger partial charge in [0.1, 0.15) is 11.5 Å². The fourth-order valence-corrected chi connectivity index (χ4v) is 8.07. The highest BCUT2D eigenvalue weighted by atomic mass is 16.5. The average molecular weight is 518 g/mol. The molecule has 0 bridgehead atoms. The van der Waals surface area contributed by atoms with Gasteiger partial charge in [-0.15, -0.1) is 0 Å². The largest absolute Gasteiger partial charge is 0.507 e. The maximum absolute atomic E-state index is 11.6. The number of hydrogen-bond acceptors (Lipinski definition) is 3. The number of fused-ring (bicyclic) bond motifs is 7. The number of benzene rings is 4. The van der Waals surface area contributed by atoms with Crippen molar-refractivity contribution in [2.24, 2.45) is 15.9 Å². The van der Waals surface area contributed by atoms with Crippen LogP contribution in [-0.4, -0.2) is 18.8 Å². The number of phenolic OH excluding ortho intramolecular Hbond substituents is 1. The molecule has 1 fully saturated rings. The zero-order chi connectivity index (χ0) is 27.6. The minimum atomic E-state index is -0.290. The van der Waals surface area contributed by atoms with Gasteiger partial charge in [0.2, 0.25) is 0 Å². The minimum Gasteiger partial charge on any atom is -0.507 e. The molecule has 0 saturated heterocycles. The van der Waals surface area contributed by atoms with E-state index in [4.69, 9.17) is 10.3 Å². The second-order valence-corrected chi connectivity index (χ2v) is 12.8. The Morgan fingerprint density at radius 2 is 1.64 bits per heavy atom. The van der Waals surface area contributed by atoms with E-state index in [9.17, 15) is 5.11 Å². The highest BCUT2D eigenvalue weighted by Crippen LogP contribution is 2.65. The zero-order valence-corrected chi connectivity index (χ0v) is 23.4. The number of methoxy groups -OCH3 is 1. The molecule has 0 aromatic heterocycles. The van der Waals surface area contributed by atoms with Crippen molar-refractivity contribution >= 4 is 10.8 Å². The molecular weight excluding hydrogens is 482 g/mol. The lowest BCUT2D eigenvalue weighted by atomic mass is 9.52. The summed E-state index contributed by atoms with van der Waals surface area (Å²) in [4.78, 5) is 3.11. The number of nitrogens with zero attached hydrogens (tertiary/aromatic N) is 3. The molecular formula is C34H35N3O2. The molecule has 0 heterocycles. The van der Waals surface area contributed by atoms with Crippen LogP contribution in [0.4, 0.5) is 0 Å². The molecule has 5 nitrogen and oxygen atoms in total. The van der Waals surface area contributed by atoms with Crippen LogP contribution in [0.25, 0.3) is 43.5 Å². The second kappa shape index (κ2) is 8.79. The smallest absolute Gasteiger partial charge is 0.127 e. The van der Waals surface area contributed by atoms with Crippen LogP contribution in [0.3, 0.4) is 0 Å². The molecule has 4 aromatic rings. The molecule has 2 atom stereocenters. The molecule has 5 heteroatoms. The van der Waals surface area contributed by atoms with Gasteiger partial charge in [0.15, 0.2) is 0 Å². The van der Waals surface area contributed by atoms with Gasteiger partial charge in [0.25, 0.3) is 0 Å². The lowest BCUT2D eigenvalue weighted by Crippen LogP contribution is -2.46. The minimum absolute atomic E-state index is 0.0181. The van der Waals surface area contributed by atoms with Crippen molar-refractivity contribution in [1.82, 2.24) is 0 Å². The lowest BCUT2D eigenvalue weighted by Gasteiger charge is -2.52. The fraction of sp³-hybridized carbons (Fsp3) is 0.353. The molecule has 1 N–H and O–H groups in total. The zero-order valence-electron chi connectivity index (χ0n) is 23.4. The highest BCUT2D eigenvalue weighted by molar-refractivity contribution is 6.07. The summed E-state index contributed by atoms with van der Waals surface area (Å²) in [5, 5.41) is 17.5. The van der Waals surface area contributed by atoms with Crippen LogP contribution in [0.2, 0.25) is 0 Å². The van der Waals surface area contributed by atoms with Crippen molar-refractivity contribution in [3.63, 3.8) is 0 Å². The summed E-state index contributed by atoms with van der Waals surface area (Å²) in [6, 6.07) is 23.3. The molecule has 4 aromatic carbocycles. The Labute approximate surface area is 230 Å². The number of aromatic hydroxyl groups is 1. The van der Waals surface area contributed by atoms with E-state index in [1.807, 2.05) is 6.07 Å². The van der Waals surface area contributed by atoms with Gasteiger partial charge >= 0.3 is 0 Å². The summed E-state index contributed by atoms with van der Waals surface area (Å²) < 4.78 is 5.95. The summed E-state index contributed by atoms with van der Waals surface area (Å²) in [7, 11) is 1.71. The van der Waals surface area contributed by atoms with Gasteiger partial charge in [0, 0.05) is 27.8 Å². The number of aryl methyl sites for hydroxylation is 1. The molecule has 0 amide bonds. The maximum atomic E-state index is 11.6. The van der Waals surface area contributed by atoms with E-state index >= 15 is 0 Å². The van der Waals surface area contributed by atoms with Crippen LogP contribution in [0.5, 0.6) is 11.5 Å². The van der Waals surface area contributed by atoms with E-state index < -0.39 is 0 Å². The molecule has 39 heavy (non-hydrogen) atoms. The molecule has 198 valence electrons. The van der Waals surface area contributed by atoms with Crippen LogP contribution in [0, 0.1) is 17.8 Å². The first-order valence-electron chi connectivity index (χ1n) is 13.7. The summed E-state index contributed by atoms with van der Waals surface area (Å²) in [6.45, 7) is 9.43. The van der Waals surface area contributed by atoms with Gasteiger partial charge in [-0.05, 0) is 93.9 Å². The SMILES string of the molecule is COc1cc2c3c(cc(O)c2cc1-c1ccc(C)cc1)C1(CC(C)(C)CC(C)(CN=[N+]=[N-])C1)c1ccccc1-3. The number of rotatable bonds is 4. The first-order chi connectivity index (χ1) is 18.6. The van der Waals surface area contributed by atoms with Crippen LogP contribution >= 0.6 is 0 Å². The molecule has 1 saturated carbocycles. The highest BCUT2D eigenvalue weighted by Gasteiger charge is 2.54. The first kappa shape index (κ1) is 25.3. The van der Waals surface area contributed by atoms with Gasteiger partial charge < -0.3 is 9.84 Å². The number of ether oxygens (including phenoxy) is 1. The van der Waals surface area contributed by atoms with Gasteiger partial charge in [-0.1, -0.05) is 80.0 Å². The Balaban J connectivity index is 1.65. The van der Waals surface area contributed by atoms with Gasteiger partial charge in [0.05, 0.1) is 7.11 Å². The summed E-state index contributed by atoms with van der Waals surface area (Å²) in [6.07, 6.45) is 2.79. The number of hydrogen-bond donors (Lipinski definition) is 1. The Hall–Kier alpha value is -3.95. The molecule has 2 aliphatic rings. The van der Waals surface area contributed by atoms with Crippen molar-refractivity contribution in [2.45, 2.75) is 52.4 Å². The summed E-state index contributed by atoms with van der Waals surface area (Å²) >= 11 is 0. The van der Waals surface area contributed by atoms with Gasteiger partial charge in [-0.3, -0.25) is 0 Å². The monoisotopic (exact) mass is 517 g/mol. The van der Waals surface area contributed by atoms with E-state index in [1.165, 1.54) is 27.8 Å². The molecule has 0 radical (unpaired) electrons. The van der Waals surface area contributed by atoms with Crippen molar-refractivity contribution in [2.75, 3.05) is 13.7 Å². The van der Waals surface area contributed by atoms with Gasteiger partial charge in [-0.2, -0.15) is 0 Å². The lowest BCUT2D eigenvalue weighted by molar-refractivity contribution is 0.0572. The van der Waals surface area contributed by atoms with E-state index in [0.29, 0.717) is 6.54 Å². The van der Waals surface area contributed by atoms with E-state index in [1.54, 1.807) is 7.11 Å². The third kappa shape index (κ3) is 3.95. The van der Waals surface area contributed by atoms with Crippen LogP contribution in [0.15, 0.2) is 71.8 Å². The summed E-state index contributed by atoms with van der Waals surface area (Å²) in [5.74, 6) is 1.07. The Bertz CT molecular complexity index is 1670. The molecule has 0 aliphatic heterocycles. The van der Waals surface area contributed by atoms with E-state index in [2.05, 4.69) is 98.4 Å². The Morgan fingerprint density at radius 3 is 2.36 bits per heavy atom. The van der Waals surface area contributed by atoms with Gasteiger partial charge in [-0.25, -0.2) is 0 Å². The van der Waals surface area contributed by atoms with E-state index in [-0.39, 0.29) is 22.0 Å². The topological polar surface area (TPSA) is 78.2 Å². The average Bonchev–Trinajstić information content (AvgIpc) is 3.14. The predicted molar refractivity (Wildman–Crippen MR) is 158 cm³/mol. The van der Waals surface area contributed by atoms with E-state index in [0.717, 1.165) is 46.9 Å². The normalized spacial score (nSPS) is 22.8. The molecule has 6 rings (SSSR count). The third-order valence-electron chi connectivity index (χ3n) is 8.96. The van der Waals surface area contributed by atoms with Crippen LogP contribution in [0.1, 0.15) is 56.7 Å². The number of azide groups is 1. The second-order valence-electron chi connectivity index (χ2n) is 12.8. The maximum Gasteiger partial charge on any atom is 0.127 e.